The molecule has 0 aliphatic heterocycles. The number of hydrogen-bond donors (Lipinski definition) is 2. The number of carbonyl (C=O) groups excluding carboxylic acids is 1. The summed E-state index contributed by atoms with van der Waals surface area (Å²) in [6, 6.07) is 25.9. The van der Waals surface area contributed by atoms with Crippen molar-refractivity contribution in [2.45, 2.75) is 25.0 Å². The average Bonchev–Trinajstić information content (AvgIpc) is 3.14. The molecule has 0 aromatic heterocycles. The molecule has 0 spiro atoms. The summed E-state index contributed by atoms with van der Waals surface area (Å²) < 4.78 is 11.2. The third-order valence-corrected chi connectivity index (χ3v) is 5.60. The van der Waals surface area contributed by atoms with Gasteiger partial charge in [-0.15, -0.1) is 0 Å². The lowest BCUT2D eigenvalue weighted by Gasteiger charge is -2.18. The van der Waals surface area contributed by atoms with Gasteiger partial charge < -0.3 is 14.6 Å². The van der Waals surface area contributed by atoms with Crippen LogP contribution in [0.3, 0.4) is 0 Å². The molecule has 1 aliphatic rings. The summed E-state index contributed by atoms with van der Waals surface area (Å²) in [5.74, 6) is -0.174. The van der Waals surface area contributed by atoms with E-state index in [-0.39, 0.29) is 38.3 Å². The summed E-state index contributed by atoms with van der Waals surface area (Å²) in [4.78, 5) is 12.1. The molecule has 31 heavy (non-hydrogen) atoms. The van der Waals surface area contributed by atoms with Crippen LogP contribution < -0.4 is 5.32 Å². The highest BCUT2D eigenvalue weighted by atomic mass is 16.5. The third kappa shape index (κ3) is 5.20. The van der Waals surface area contributed by atoms with Gasteiger partial charge in [-0.05, 0) is 27.8 Å². The number of aliphatic hydroxyl groups is 1. The molecule has 5 nitrogen and oxygen atoms in total. The van der Waals surface area contributed by atoms with Gasteiger partial charge in [-0.2, -0.15) is 0 Å². The van der Waals surface area contributed by atoms with Crippen molar-refractivity contribution in [1.29, 1.82) is 0 Å². The van der Waals surface area contributed by atoms with Crippen molar-refractivity contribution in [3.05, 3.63) is 95.6 Å². The highest BCUT2D eigenvalue weighted by Gasteiger charge is 2.28. The van der Waals surface area contributed by atoms with Crippen LogP contribution in [0.1, 0.15) is 29.0 Å². The Bertz CT molecular complexity index is 960. The molecule has 0 bridgehead atoms. The number of fused-ring (bicyclic) bond motifs is 3. The van der Waals surface area contributed by atoms with Crippen LogP contribution in [0, 0.1) is 0 Å². The molecule has 0 amide bonds. The SMILES string of the molecule is O=C(CC(CO)NCOCC1c2ccccc2-c2ccccc21)OCc1ccccc1. The Balaban J connectivity index is 1.25. The summed E-state index contributed by atoms with van der Waals surface area (Å²) in [5, 5.41) is 12.7. The van der Waals surface area contributed by atoms with E-state index < -0.39 is 6.04 Å². The van der Waals surface area contributed by atoms with Crippen LogP contribution in [-0.2, 0) is 20.9 Å². The van der Waals surface area contributed by atoms with Gasteiger partial charge in [-0.3, -0.25) is 10.1 Å². The van der Waals surface area contributed by atoms with Crippen LogP contribution >= 0.6 is 0 Å². The van der Waals surface area contributed by atoms with Crippen molar-refractivity contribution in [2.24, 2.45) is 0 Å². The standard InChI is InChI=1S/C26H27NO4/c28-15-20(14-26(29)31-16-19-8-2-1-3-9-19)27-18-30-17-25-23-12-6-4-10-21(23)22-11-5-7-13-24(22)25/h1-13,20,25,27-28H,14-18H2. The van der Waals surface area contributed by atoms with E-state index in [1.807, 2.05) is 30.3 Å². The Hall–Kier alpha value is -2.99. The summed E-state index contributed by atoms with van der Waals surface area (Å²) in [5.41, 5.74) is 5.99. The van der Waals surface area contributed by atoms with Gasteiger partial charge in [0.15, 0.2) is 0 Å². The monoisotopic (exact) mass is 417 g/mol. The highest BCUT2D eigenvalue weighted by Crippen LogP contribution is 2.44. The minimum absolute atomic E-state index is 0.0851. The van der Waals surface area contributed by atoms with Crippen molar-refractivity contribution in [3.63, 3.8) is 0 Å². The lowest BCUT2D eigenvalue weighted by molar-refractivity contribution is -0.146. The number of rotatable bonds is 10. The number of nitrogens with one attached hydrogen (secondary N) is 1. The maximum absolute atomic E-state index is 12.1. The molecule has 5 heteroatoms. The van der Waals surface area contributed by atoms with Crippen molar-refractivity contribution >= 4 is 5.97 Å². The molecule has 0 saturated carbocycles. The maximum atomic E-state index is 12.1. The molecule has 1 unspecified atom stereocenters. The quantitative estimate of drug-likeness (QED) is 0.298. The first kappa shape index (κ1) is 21.2. The Morgan fingerprint density at radius 2 is 1.52 bits per heavy atom. The van der Waals surface area contributed by atoms with Crippen LogP contribution in [0.2, 0.25) is 0 Å². The summed E-state index contributed by atoms with van der Waals surface area (Å²) in [6.07, 6.45) is 0.0851. The molecule has 1 atom stereocenters. The second-order valence-corrected chi connectivity index (χ2v) is 7.68. The molecule has 3 aromatic rings. The number of carbonyl (C=O) groups is 1. The van der Waals surface area contributed by atoms with E-state index in [1.165, 1.54) is 22.3 Å². The van der Waals surface area contributed by atoms with Gasteiger partial charge in [-0.25, -0.2) is 0 Å². The number of ether oxygens (including phenoxy) is 2. The molecule has 0 heterocycles. The second-order valence-electron chi connectivity index (χ2n) is 7.68. The zero-order valence-electron chi connectivity index (χ0n) is 17.4. The number of benzene rings is 3. The Morgan fingerprint density at radius 3 is 2.16 bits per heavy atom. The second kappa shape index (κ2) is 10.4. The van der Waals surface area contributed by atoms with E-state index in [0.717, 1.165) is 5.56 Å². The minimum atomic E-state index is -0.411. The first-order chi connectivity index (χ1) is 15.3. The van der Waals surface area contributed by atoms with Gasteiger partial charge in [0.05, 0.1) is 26.4 Å². The molecule has 4 rings (SSSR count). The summed E-state index contributed by atoms with van der Waals surface area (Å²) in [7, 11) is 0. The molecule has 160 valence electrons. The van der Waals surface area contributed by atoms with Gasteiger partial charge >= 0.3 is 5.97 Å². The van der Waals surface area contributed by atoms with E-state index in [1.54, 1.807) is 0 Å². The largest absolute Gasteiger partial charge is 0.461 e. The molecule has 3 aromatic carbocycles. The van der Waals surface area contributed by atoms with Crippen LogP contribution in [0.5, 0.6) is 0 Å². The van der Waals surface area contributed by atoms with Gasteiger partial charge in [0, 0.05) is 12.0 Å². The summed E-state index contributed by atoms with van der Waals surface area (Å²) in [6.45, 7) is 0.837. The van der Waals surface area contributed by atoms with Crippen molar-refractivity contribution in [2.75, 3.05) is 19.9 Å². The maximum Gasteiger partial charge on any atom is 0.307 e. The van der Waals surface area contributed by atoms with Crippen LogP contribution in [0.4, 0.5) is 0 Å². The van der Waals surface area contributed by atoms with Crippen LogP contribution in [0.25, 0.3) is 11.1 Å². The molecule has 0 radical (unpaired) electrons. The normalized spacial score (nSPS) is 13.5. The predicted molar refractivity (Wildman–Crippen MR) is 119 cm³/mol. The van der Waals surface area contributed by atoms with Gasteiger partial charge in [0.1, 0.15) is 6.61 Å². The lowest BCUT2D eigenvalue weighted by Crippen LogP contribution is -2.37. The molecule has 0 saturated heterocycles. The first-order valence-electron chi connectivity index (χ1n) is 10.6. The van der Waals surface area contributed by atoms with E-state index in [2.05, 4.69) is 53.8 Å². The fourth-order valence-electron chi connectivity index (χ4n) is 3.99. The zero-order valence-corrected chi connectivity index (χ0v) is 17.4. The molecular formula is C26H27NO4. The number of esters is 1. The molecular weight excluding hydrogens is 390 g/mol. The third-order valence-electron chi connectivity index (χ3n) is 5.60. The number of hydrogen-bond acceptors (Lipinski definition) is 5. The molecule has 1 aliphatic carbocycles. The van der Waals surface area contributed by atoms with E-state index in [9.17, 15) is 9.90 Å². The predicted octanol–water partition coefficient (Wildman–Crippen LogP) is 3.86. The van der Waals surface area contributed by atoms with Gasteiger partial charge in [0.25, 0.3) is 0 Å². The van der Waals surface area contributed by atoms with E-state index in [4.69, 9.17) is 9.47 Å². The summed E-state index contributed by atoms with van der Waals surface area (Å²) >= 11 is 0. The fourth-order valence-corrected chi connectivity index (χ4v) is 3.99. The van der Waals surface area contributed by atoms with Crippen molar-refractivity contribution in [3.8, 4) is 11.1 Å². The smallest absolute Gasteiger partial charge is 0.307 e. The zero-order chi connectivity index (χ0) is 21.5. The van der Waals surface area contributed by atoms with Gasteiger partial charge in [-0.1, -0.05) is 78.9 Å². The Labute approximate surface area is 182 Å². The molecule has 0 fully saturated rings. The first-order valence-corrected chi connectivity index (χ1v) is 10.6. The topological polar surface area (TPSA) is 67.8 Å². The average molecular weight is 418 g/mol. The van der Waals surface area contributed by atoms with E-state index in [0.29, 0.717) is 6.61 Å². The van der Waals surface area contributed by atoms with Crippen molar-refractivity contribution < 1.29 is 19.4 Å². The Morgan fingerprint density at radius 1 is 0.903 bits per heavy atom. The Kier molecular flexibility index (Phi) is 7.10. The minimum Gasteiger partial charge on any atom is -0.461 e. The molecule has 2 N–H and O–H groups in total. The highest BCUT2D eigenvalue weighted by molar-refractivity contribution is 5.78. The van der Waals surface area contributed by atoms with Crippen LogP contribution in [0.15, 0.2) is 78.9 Å². The van der Waals surface area contributed by atoms with Crippen molar-refractivity contribution in [1.82, 2.24) is 5.32 Å². The van der Waals surface area contributed by atoms with Gasteiger partial charge in [0.2, 0.25) is 0 Å². The van der Waals surface area contributed by atoms with Crippen LogP contribution in [-0.4, -0.2) is 37.1 Å². The lowest BCUT2D eigenvalue weighted by atomic mass is 9.98. The van der Waals surface area contributed by atoms with E-state index >= 15 is 0 Å². The number of aliphatic hydroxyl groups excluding tert-OH is 1. The fraction of sp³-hybridized carbons (Fsp3) is 0.269.